The Morgan fingerprint density at radius 2 is 1.78 bits per heavy atom. The number of para-hydroxylation sites is 1. The molecule has 0 radical (unpaired) electrons. The number of nitrogens with one attached hydrogen (secondary N) is 2. The molecule has 0 unspecified atom stereocenters. The van der Waals surface area contributed by atoms with E-state index in [-0.39, 0.29) is 17.5 Å². The van der Waals surface area contributed by atoms with Gasteiger partial charge in [0, 0.05) is 29.9 Å². The van der Waals surface area contributed by atoms with Crippen molar-refractivity contribution in [3.63, 3.8) is 0 Å². The molecule has 1 fully saturated rings. The molecule has 2 heterocycles. The summed E-state index contributed by atoms with van der Waals surface area (Å²) in [6.45, 7) is 0.414. The maximum Gasteiger partial charge on any atom is 0.329 e. The molecule has 32 heavy (non-hydrogen) atoms. The first-order chi connectivity index (χ1) is 15.7. The predicted molar refractivity (Wildman–Crippen MR) is 122 cm³/mol. The van der Waals surface area contributed by atoms with Crippen molar-refractivity contribution < 1.29 is 4.92 Å². The van der Waals surface area contributed by atoms with Gasteiger partial charge in [-0.15, -0.1) is 0 Å². The van der Waals surface area contributed by atoms with Gasteiger partial charge in [-0.25, -0.2) is 9.67 Å². The first kappa shape index (κ1) is 19.7. The van der Waals surface area contributed by atoms with Gasteiger partial charge in [0.15, 0.2) is 0 Å². The number of nitrogens with zero attached hydrogens (tertiary/aromatic N) is 5. The van der Waals surface area contributed by atoms with E-state index >= 15 is 0 Å². The van der Waals surface area contributed by atoms with Crippen LogP contribution >= 0.6 is 0 Å². The van der Waals surface area contributed by atoms with Crippen molar-refractivity contribution in [2.24, 2.45) is 0 Å². The average molecular weight is 427 g/mol. The van der Waals surface area contributed by atoms with E-state index < -0.39 is 4.92 Å². The van der Waals surface area contributed by atoms with Crippen molar-refractivity contribution in [2.75, 3.05) is 10.6 Å². The van der Waals surface area contributed by atoms with E-state index in [9.17, 15) is 10.1 Å². The summed E-state index contributed by atoms with van der Waals surface area (Å²) in [7, 11) is 0. The molecule has 160 valence electrons. The van der Waals surface area contributed by atoms with Crippen LogP contribution < -0.4 is 10.6 Å². The highest BCUT2D eigenvalue weighted by atomic mass is 16.6. The Labute approximate surface area is 184 Å². The van der Waals surface area contributed by atoms with Gasteiger partial charge >= 0.3 is 5.69 Å². The molecule has 9 nitrogen and oxygen atoms in total. The SMILES string of the molecule is O=[N+]([O-])c1cnc(NCc2cn(-c3ccccc3)nc2-c2ccccc2)nc1NC1CC1. The van der Waals surface area contributed by atoms with Crippen LogP contribution in [0.15, 0.2) is 73.1 Å². The Hall–Kier alpha value is -4.27. The minimum absolute atomic E-state index is 0.121. The van der Waals surface area contributed by atoms with Crippen LogP contribution in [-0.4, -0.2) is 30.7 Å². The average Bonchev–Trinajstić information content (AvgIpc) is 3.54. The monoisotopic (exact) mass is 427 g/mol. The highest BCUT2D eigenvalue weighted by Gasteiger charge is 2.26. The zero-order valence-corrected chi connectivity index (χ0v) is 17.2. The molecule has 0 atom stereocenters. The molecule has 0 aliphatic heterocycles. The molecule has 0 bridgehead atoms. The third-order valence-corrected chi connectivity index (χ3v) is 5.18. The highest BCUT2D eigenvalue weighted by Crippen LogP contribution is 2.30. The number of aromatic nitrogens is 4. The minimum atomic E-state index is -0.466. The lowest BCUT2D eigenvalue weighted by Gasteiger charge is -2.08. The Morgan fingerprint density at radius 1 is 1.06 bits per heavy atom. The smallest absolute Gasteiger partial charge is 0.329 e. The zero-order valence-electron chi connectivity index (χ0n) is 17.2. The Kier molecular flexibility index (Phi) is 5.20. The summed E-state index contributed by atoms with van der Waals surface area (Å²) in [6.07, 6.45) is 5.19. The van der Waals surface area contributed by atoms with E-state index in [0.717, 1.165) is 35.3 Å². The van der Waals surface area contributed by atoms with Gasteiger partial charge in [0.25, 0.3) is 0 Å². The van der Waals surface area contributed by atoms with Crippen molar-refractivity contribution in [2.45, 2.75) is 25.4 Å². The molecule has 9 heteroatoms. The van der Waals surface area contributed by atoms with Crippen LogP contribution in [0.3, 0.4) is 0 Å². The molecule has 2 aromatic carbocycles. The number of hydrogen-bond donors (Lipinski definition) is 2. The Balaban J connectivity index is 1.43. The van der Waals surface area contributed by atoms with Crippen molar-refractivity contribution in [1.29, 1.82) is 0 Å². The second-order valence-corrected chi connectivity index (χ2v) is 7.61. The molecule has 2 N–H and O–H groups in total. The molecule has 0 saturated heterocycles. The number of rotatable bonds is 8. The lowest BCUT2D eigenvalue weighted by Crippen LogP contribution is -2.10. The number of anilines is 2. The fourth-order valence-electron chi connectivity index (χ4n) is 3.39. The number of nitro groups is 1. The molecule has 2 aromatic heterocycles. The fourth-order valence-corrected chi connectivity index (χ4v) is 3.39. The highest BCUT2D eigenvalue weighted by molar-refractivity contribution is 5.64. The molecular weight excluding hydrogens is 406 g/mol. The van der Waals surface area contributed by atoms with E-state index in [1.54, 1.807) is 0 Å². The molecule has 1 aliphatic rings. The molecule has 0 amide bonds. The maximum atomic E-state index is 11.3. The van der Waals surface area contributed by atoms with Crippen LogP contribution in [0, 0.1) is 10.1 Å². The summed E-state index contributed by atoms with van der Waals surface area (Å²) >= 11 is 0. The first-order valence-corrected chi connectivity index (χ1v) is 10.4. The number of hydrogen-bond acceptors (Lipinski definition) is 7. The van der Waals surface area contributed by atoms with Gasteiger partial charge in [0.2, 0.25) is 11.8 Å². The van der Waals surface area contributed by atoms with E-state index in [2.05, 4.69) is 20.6 Å². The predicted octanol–water partition coefficient (Wildman–Crippen LogP) is 4.42. The molecule has 1 aliphatic carbocycles. The Morgan fingerprint density at radius 3 is 2.47 bits per heavy atom. The van der Waals surface area contributed by atoms with Crippen molar-refractivity contribution in [3.8, 4) is 16.9 Å². The normalized spacial score (nSPS) is 13.0. The Bertz CT molecular complexity index is 1240. The molecule has 0 spiro atoms. The third-order valence-electron chi connectivity index (χ3n) is 5.18. The van der Waals surface area contributed by atoms with Gasteiger partial charge in [-0.1, -0.05) is 48.5 Å². The number of benzene rings is 2. The summed E-state index contributed by atoms with van der Waals surface area (Å²) in [6, 6.07) is 20.1. The third kappa shape index (κ3) is 4.27. The molecule has 4 aromatic rings. The van der Waals surface area contributed by atoms with Gasteiger partial charge in [-0.2, -0.15) is 10.1 Å². The standard InChI is InChI=1S/C23H21N7O2/c31-30(32)20-14-25-23(27-22(20)26-18-11-12-18)24-13-17-15-29(19-9-5-2-6-10-19)28-21(17)16-7-3-1-4-8-16/h1-10,14-15,18H,11-13H2,(H2,24,25,26,27). The van der Waals surface area contributed by atoms with E-state index in [1.165, 1.54) is 6.20 Å². The molecular formula is C23H21N7O2. The van der Waals surface area contributed by atoms with Crippen LogP contribution in [0.5, 0.6) is 0 Å². The van der Waals surface area contributed by atoms with E-state index in [1.807, 2.05) is 71.5 Å². The van der Waals surface area contributed by atoms with Gasteiger partial charge in [0.05, 0.1) is 16.3 Å². The van der Waals surface area contributed by atoms with Gasteiger partial charge < -0.3 is 10.6 Å². The lowest BCUT2D eigenvalue weighted by molar-refractivity contribution is -0.384. The van der Waals surface area contributed by atoms with Crippen molar-refractivity contribution in [3.05, 3.63) is 88.7 Å². The second-order valence-electron chi connectivity index (χ2n) is 7.61. The fraction of sp³-hybridized carbons (Fsp3) is 0.174. The van der Waals surface area contributed by atoms with E-state index in [0.29, 0.717) is 12.5 Å². The van der Waals surface area contributed by atoms with Crippen molar-refractivity contribution >= 4 is 17.5 Å². The van der Waals surface area contributed by atoms with Crippen LogP contribution in [0.25, 0.3) is 16.9 Å². The van der Waals surface area contributed by atoms with Crippen LogP contribution in [0.1, 0.15) is 18.4 Å². The summed E-state index contributed by atoms with van der Waals surface area (Å²) in [5.74, 6) is 0.573. The summed E-state index contributed by atoms with van der Waals surface area (Å²) in [4.78, 5) is 19.3. The van der Waals surface area contributed by atoms with Crippen LogP contribution in [-0.2, 0) is 6.54 Å². The molecule has 1 saturated carbocycles. The summed E-state index contributed by atoms with van der Waals surface area (Å²) in [5.41, 5.74) is 3.64. The maximum absolute atomic E-state index is 11.3. The first-order valence-electron chi connectivity index (χ1n) is 10.4. The quantitative estimate of drug-likeness (QED) is 0.316. The second kappa shape index (κ2) is 8.46. The summed E-state index contributed by atoms with van der Waals surface area (Å²) in [5, 5.41) is 22.4. The van der Waals surface area contributed by atoms with Gasteiger partial charge in [-0.3, -0.25) is 10.1 Å². The van der Waals surface area contributed by atoms with Gasteiger partial charge in [0.1, 0.15) is 6.20 Å². The molecule has 5 rings (SSSR count). The zero-order chi connectivity index (χ0) is 21.9. The summed E-state index contributed by atoms with van der Waals surface area (Å²) < 4.78 is 1.84. The topological polar surface area (TPSA) is 111 Å². The lowest BCUT2D eigenvalue weighted by atomic mass is 10.1. The van der Waals surface area contributed by atoms with Crippen molar-refractivity contribution in [1.82, 2.24) is 19.7 Å². The van der Waals surface area contributed by atoms with Gasteiger partial charge in [-0.05, 0) is 25.0 Å². The van der Waals surface area contributed by atoms with Crippen LogP contribution in [0.2, 0.25) is 0 Å². The minimum Gasteiger partial charge on any atom is -0.361 e. The van der Waals surface area contributed by atoms with E-state index in [4.69, 9.17) is 5.10 Å². The largest absolute Gasteiger partial charge is 0.361 e. The van der Waals surface area contributed by atoms with Crippen LogP contribution in [0.4, 0.5) is 17.5 Å².